The Morgan fingerprint density at radius 2 is 2.05 bits per heavy atom. The van der Waals surface area contributed by atoms with Crippen molar-refractivity contribution in [2.45, 2.75) is 52.9 Å². The van der Waals surface area contributed by atoms with E-state index < -0.39 is 6.10 Å². The summed E-state index contributed by atoms with van der Waals surface area (Å²) in [6.45, 7) is 8.62. The van der Waals surface area contributed by atoms with E-state index in [1.165, 1.54) is 0 Å². The van der Waals surface area contributed by atoms with Crippen LogP contribution in [0.25, 0.3) is 11.3 Å². The molecule has 0 fully saturated rings. The van der Waals surface area contributed by atoms with Gasteiger partial charge in [-0.25, -0.2) is 9.99 Å². The molecule has 0 bridgehead atoms. The van der Waals surface area contributed by atoms with E-state index in [1.54, 1.807) is 12.1 Å². The molecule has 10 heteroatoms. The third-order valence-corrected chi connectivity index (χ3v) is 6.33. The molecule has 1 amide bonds. The molecule has 2 aromatic heterocycles. The number of carbonyl (C=O) groups excluding carboxylic acids is 1. The molecule has 3 aromatic rings. The van der Waals surface area contributed by atoms with Crippen LogP contribution in [0.4, 0.5) is 5.82 Å². The van der Waals surface area contributed by atoms with Gasteiger partial charge in [-0.3, -0.25) is 9.59 Å². The average Bonchev–Trinajstić information content (AvgIpc) is 3.31. The second-order valence-electron chi connectivity index (χ2n) is 9.57. The number of nitrogens with one attached hydrogen (secondary N) is 3. The van der Waals surface area contributed by atoms with Crippen LogP contribution in [0.15, 0.2) is 41.2 Å². The Labute approximate surface area is 215 Å². The predicted molar refractivity (Wildman–Crippen MR) is 142 cm³/mol. The van der Waals surface area contributed by atoms with Gasteiger partial charge < -0.3 is 31.3 Å². The molecule has 196 valence electrons. The number of rotatable bonds is 9. The first-order chi connectivity index (χ1) is 17.7. The van der Waals surface area contributed by atoms with Crippen LogP contribution in [0.1, 0.15) is 46.6 Å². The molecule has 1 aliphatic heterocycles. The topological polar surface area (TPSA) is 146 Å². The second kappa shape index (κ2) is 11.1. The average molecular weight is 507 g/mol. The molecule has 0 radical (unpaired) electrons. The van der Waals surface area contributed by atoms with Crippen molar-refractivity contribution >= 4 is 11.7 Å². The molecular formula is C27H34N6O4. The molecule has 0 saturated carbocycles. The van der Waals surface area contributed by atoms with E-state index in [9.17, 15) is 14.7 Å². The summed E-state index contributed by atoms with van der Waals surface area (Å²) in [6.07, 6.45) is -0.757. The van der Waals surface area contributed by atoms with Crippen molar-refractivity contribution in [3.63, 3.8) is 0 Å². The lowest BCUT2D eigenvalue weighted by atomic mass is 10.0. The fraction of sp³-hybridized carbons (Fsp3) is 0.370. The lowest BCUT2D eigenvalue weighted by molar-refractivity contribution is 0.0949. The molecule has 6 N–H and O–H groups in total. The number of benzene rings is 1. The van der Waals surface area contributed by atoms with Crippen molar-refractivity contribution in [1.29, 1.82) is 0 Å². The lowest BCUT2D eigenvalue weighted by Gasteiger charge is -2.19. The van der Waals surface area contributed by atoms with Gasteiger partial charge in [-0.2, -0.15) is 0 Å². The van der Waals surface area contributed by atoms with Gasteiger partial charge in [0.25, 0.3) is 11.5 Å². The summed E-state index contributed by atoms with van der Waals surface area (Å²) in [5, 5.41) is 14.7. The number of fused-ring (bicyclic) bond motifs is 1. The number of pyridine rings is 2. The zero-order chi connectivity index (χ0) is 26.7. The molecule has 10 nitrogen and oxygen atoms in total. The first-order valence-corrected chi connectivity index (χ1v) is 12.3. The number of hydrogen-bond acceptors (Lipinski definition) is 8. The van der Waals surface area contributed by atoms with E-state index in [2.05, 4.69) is 29.6 Å². The maximum Gasteiger partial charge on any atom is 0.253 e. The zero-order valence-corrected chi connectivity index (χ0v) is 21.6. The molecule has 0 spiro atoms. The van der Waals surface area contributed by atoms with Crippen LogP contribution < -0.4 is 26.8 Å². The van der Waals surface area contributed by atoms with Gasteiger partial charge in [-0.05, 0) is 57.5 Å². The molecule has 37 heavy (non-hydrogen) atoms. The highest BCUT2D eigenvalue weighted by atomic mass is 16.5. The number of amides is 1. The zero-order valence-electron chi connectivity index (χ0n) is 21.6. The van der Waals surface area contributed by atoms with Gasteiger partial charge in [0.15, 0.2) is 0 Å². The predicted octanol–water partition coefficient (Wildman–Crippen LogP) is 2.23. The van der Waals surface area contributed by atoms with Crippen LogP contribution in [0.2, 0.25) is 0 Å². The van der Waals surface area contributed by atoms with Crippen molar-refractivity contribution in [3.05, 3.63) is 74.7 Å². The van der Waals surface area contributed by atoms with Crippen molar-refractivity contribution in [3.8, 4) is 17.0 Å². The second-order valence-corrected chi connectivity index (χ2v) is 9.57. The number of aromatic amines is 1. The Balaban J connectivity index is 1.65. The quantitative estimate of drug-likeness (QED) is 0.297. The summed E-state index contributed by atoms with van der Waals surface area (Å²) in [5.74, 6) is 0.889. The Morgan fingerprint density at radius 1 is 1.27 bits per heavy atom. The van der Waals surface area contributed by atoms with Crippen LogP contribution in [-0.4, -0.2) is 51.3 Å². The van der Waals surface area contributed by atoms with E-state index >= 15 is 0 Å². The van der Waals surface area contributed by atoms with E-state index in [0.717, 1.165) is 22.4 Å². The van der Waals surface area contributed by atoms with Crippen molar-refractivity contribution in [2.24, 2.45) is 5.73 Å². The molecule has 1 aromatic carbocycles. The summed E-state index contributed by atoms with van der Waals surface area (Å²) in [6, 6.07) is 11.1. The summed E-state index contributed by atoms with van der Waals surface area (Å²) >= 11 is 0. The Morgan fingerprint density at radius 3 is 2.76 bits per heavy atom. The summed E-state index contributed by atoms with van der Waals surface area (Å²) in [4.78, 5) is 33.5. The van der Waals surface area contributed by atoms with Crippen LogP contribution in [-0.2, 0) is 13.1 Å². The third kappa shape index (κ3) is 5.99. The number of H-pyrrole nitrogens is 1. The fourth-order valence-corrected chi connectivity index (χ4v) is 4.20. The van der Waals surface area contributed by atoms with Gasteiger partial charge in [0.05, 0.1) is 5.69 Å². The largest absolute Gasteiger partial charge is 0.491 e. The number of aryl methyl sites for hydroxylation is 2. The number of aliphatic hydroxyl groups is 1. The molecule has 1 atom stereocenters. The van der Waals surface area contributed by atoms with Crippen molar-refractivity contribution in [2.75, 3.05) is 18.6 Å². The fourth-order valence-electron chi connectivity index (χ4n) is 4.20. The van der Waals surface area contributed by atoms with Gasteiger partial charge in [-0.15, -0.1) is 0 Å². The van der Waals surface area contributed by atoms with Gasteiger partial charge in [0.2, 0.25) is 0 Å². The number of nitrogens with two attached hydrogens (primary N) is 1. The molecule has 1 aliphatic rings. The number of aliphatic hydroxyl groups excluding tert-OH is 1. The number of hydrogen-bond donors (Lipinski definition) is 5. The Hall–Kier alpha value is -3.73. The van der Waals surface area contributed by atoms with Gasteiger partial charge in [-0.1, -0.05) is 12.1 Å². The normalized spacial score (nSPS) is 13.8. The first-order valence-electron chi connectivity index (χ1n) is 12.3. The summed E-state index contributed by atoms with van der Waals surface area (Å²) in [7, 11) is 0. The van der Waals surface area contributed by atoms with E-state index in [4.69, 9.17) is 15.5 Å². The smallest absolute Gasteiger partial charge is 0.253 e. The maximum absolute atomic E-state index is 13.4. The molecule has 3 heterocycles. The number of ether oxygens (including phenoxy) is 1. The highest BCUT2D eigenvalue weighted by Gasteiger charge is 2.28. The minimum absolute atomic E-state index is 0.0771. The number of anilines is 1. The number of nitrogens with zero attached hydrogens (tertiary/aromatic N) is 2. The minimum Gasteiger partial charge on any atom is -0.491 e. The molecule has 0 saturated heterocycles. The Bertz CT molecular complexity index is 1350. The van der Waals surface area contributed by atoms with E-state index in [0.29, 0.717) is 34.9 Å². The van der Waals surface area contributed by atoms with Gasteiger partial charge >= 0.3 is 0 Å². The number of hydrazine groups is 1. The SMILES string of the molecule is Cc1cc(C)c(CNC(=O)c2cc(-c3cccc(OCC(O)CN)c3)nc3c2CN(C(C)C)N3)c(=O)[nH]1. The standard InChI is InChI=1S/C27H34N6O4/c1-15(2)33-13-23-21(26(35)29-12-22-16(3)8-17(4)30-27(22)36)10-24(31-25(23)32-33)18-6-5-7-20(9-18)37-14-19(34)11-28/h5-10,15,19,34H,11-14,28H2,1-4H3,(H,29,35)(H,30,36)(H,31,32). The molecule has 0 aliphatic carbocycles. The highest BCUT2D eigenvalue weighted by Crippen LogP contribution is 2.33. The minimum atomic E-state index is -0.757. The number of carbonyl (C=O) groups is 1. The van der Waals surface area contributed by atoms with Crippen LogP contribution >= 0.6 is 0 Å². The monoisotopic (exact) mass is 506 g/mol. The third-order valence-electron chi connectivity index (χ3n) is 6.33. The van der Waals surface area contributed by atoms with Crippen LogP contribution in [0, 0.1) is 13.8 Å². The Kier molecular flexibility index (Phi) is 7.91. The van der Waals surface area contributed by atoms with Crippen molar-refractivity contribution < 1.29 is 14.6 Å². The molecular weight excluding hydrogens is 472 g/mol. The number of aromatic nitrogens is 2. The molecule has 1 unspecified atom stereocenters. The van der Waals surface area contributed by atoms with Crippen LogP contribution in [0.5, 0.6) is 5.75 Å². The lowest BCUT2D eigenvalue weighted by Crippen LogP contribution is -2.31. The van der Waals surface area contributed by atoms with E-state index in [1.807, 2.05) is 43.1 Å². The first kappa shape index (κ1) is 26.3. The van der Waals surface area contributed by atoms with Crippen LogP contribution in [0.3, 0.4) is 0 Å². The maximum atomic E-state index is 13.4. The van der Waals surface area contributed by atoms with Crippen molar-refractivity contribution in [1.82, 2.24) is 20.3 Å². The highest BCUT2D eigenvalue weighted by molar-refractivity contribution is 5.98. The van der Waals surface area contributed by atoms with Gasteiger partial charge in [0.1, 0.15) is 24.3 Å². The summed E-state index contributed by atoms with van der Waals surface area (Å²) < 4.78 is 5.66. The summed E-state index contributed by atoms with van der Waals surface area (Å²) in [5.41, 5.74) is 13.3. The van der Waals surface area contributed by atoms with Gasteiger partial charge in [0, 0.05) is 53.6 Å². The van der Waals surface area contributed by atoms with E-state index in [-0.39, 0.29) is 37.2 Å². The molecule has 4 rings (SSSR count).